The van der Waals surface area contributed by atoms with E-state index < -0.39 is 0 Å². The number of hydrogen-bond acceptors (Lipinski definition) is 5. The first kappa shape index (κ1) is 16.9. The first-order valence-electron chi connectivity index (χ1n) is 8.37. The topological polar surface area (TPSA) is 63.5 Å². The minimum Gasteiger partial charge on any atom is -0.376 e. The van der Waals surface area contributed by atoms with E-state index in [4.69, 9.17) is 4.74 Å². The number of pyridine rings is 1. The number of aromatic nitrogens is 3. The molecule has 130 valence electrons. The van der Waals surface area contributed by atoms with Gasteiger partial charge in [0.25, 0.3) is 5.91 Å². The van der Waals surface area contributed by atoms with Crippen molar-refractivity contribution in [3.63, 3.8) is 0 Å². The fourth-order valence-electron chi connectivity index (χ4n) is 2.95. The molecule has 1 atom stereocenters. The Labute approximate surface area is 142 Å². The van der Waals surface area contributed by atoms with E-state index in [0.717, 1.165) is 37.2 Å². The Bertz CT molecular complexity index is 706. The van der Waals surface area contributed by atoms with Crippen LogP contribution in [0.3, 0.4) is 0 Å². The first-order valence-corrected chi connectivity index (χ1v) is 8.37. The molecular formula is C17H25N5O2. The molecule has 1 unspecified atom stereocenters. The fourth-order valence-corrected chi connectivity index (χ4v) is 2.95. The highest BCUT2D eigenvalue weighted by Crippen LogP contribution is 2.16. The SMILES string of the molecule is CN(C)CCN(CC1CCCO1)C(=O)c1cnc2c(c1)ncn2C. The molecule has 1 fully saturated rings. The predicted octanol–water partition coefficient (Wildman–Crippen LogP) is 1.15. The number of aryl methyl sites for hydroxylation is 1. The molecule has 0 spiro atoms. The van der Waals surface area contributed by atoms with E-state index in [-0.39, 0.29) is 12.0 Å². The lowest BCUT2D eigenvalue weighted by molar-refractivity contribution is 0.0512. The number of fused-ring (bicyclic) bond motifs is 1. The van der Waals surface area contributed by atoms with Gasteiger partial charge in [-0.25, -0.2) is 9.97 Å². The van der Waals surface area contributed by atoms with Crippen LogP contribution in [0, 0.1) is 0 Å². The third-order valence-electron chi connectivity index (χ3n) is 4.35. The molecule has 1 saturated heterocycles. The number of rotatable bonds is 6. The molecule has 3 heterocycles. The Morgan fingerprint density at radius 3 is 2.92 bits per heavy atom. The zero-order valence-electron chi connectivity index (χ0n) is 14.6. The Hall–Kier alpha value is -1.99. The summed E-state index contributed by atoms with van der Waals surface area (Å²) < 4.78 is 7.56. The number of carbonyl (C=O) groups excluding carboxylic acids is 1. The molecule has 1 aliphatic heterocycles. The average Bonchev–Trinajstić information content (AvgIpc) is 3.20. The summed E-state index contributed by atoms with van der Waals surface area (Å²) >= 11 is 0. The van der Waals surface area contributed by atoms with Crippen molar-refractivity contribution < 1.29 is 9.53 Å². The number of hydrogen-bond donors (Lipinski definition) is 0. The van der Waals surface area contributed by atoms with Crippen LogP contribution >= 0.6 is 0 Å². The third-order valence-corrected chi connectivity index (χ3v) is 4.35. The van der Waals surface area contributed by atoms with Gasteiger partial charge in [0.1, 0.15) is 5.52 Å². The van der Waals surface area contributed by atoms with Crippen molar-refractivity contribution in [2.75, 3.05) is 40.3 Å². The Kier molecular flexibility index (Phi) is 5.11. The van der Waals surface area contributed by atoms with Gasteiger partial charge in [-0.2, -0.15) is 0 Å². The van der Waals surface area contributed by atoms with Gasteiger partial charge in [0.15, 0.2) is 5.65 Å². The zero-order valence-corrected chi connectivity index (χ0v) is 14.6. The highest BCUT2D eigenvalue weighted by molar-refractivity contribution is 5.96. The highest BCUT2D eigenvalue weighted by atomic mass is 16.5. The molecular weight excluding hydrogens is 306 g/mol. The van der Waals surface area contributed by atoms with Gasteiger partial charge in [-0.1, -0.05) is 0 Å². The maximum atomic E-state index is 13.0. The smallest absolute Gasteiger partial charge is 0.255 e. The van der Waals surface area contributed by atoms with Gasteiger partial charge < -0.3 is 19.1 Å². The van der Waals surface area contributed by atoms with Crippen LogP contribution in [0.2, 0.25) is 0 Å². The van der Waals surface area contributed by atoms with Gasteiger partial charge in [0.05, 0.1) is 18.0 Å². The summed E-state index contributed by atoms with van der Waals surface area (Å²) in [5.74, 6) is -0.00703. The number of likely N-dealkylation sites (N-methyl/N-ethyl adjacent to an activating group) is 1. The lowest BCUT2D eigenvalue weighted by Gasteiger charge is -2.26. The summed E-state index contributed by atoms with van der Waals surface area (Å²) in [6.45, 7) is 2.92. The molecule has 2 aromatic rings. The van der Waals surface area contributed by atoms with Crippen molar-refractivity contribution in [1.82, 2.24) is 24.3 Å². The Morgan fingerprint density at radius 2 is 2.21 bits per heavy atom. The lowest BCUT2D eigenvalue weighted by atomic mass is 10.2. The summed E-state index contributed by atoms with van der Waals surface area (Å²) in [5, 5.41) is 0. The number of ether oxygens (including phenoxy) is 1. The van der Waals surface area contributed by atoms with Crippen LogP contribution in [-0.2, 0) is 11.8 Å². The van der Waals surface area contributed by atoms with Gasteiger partial charge in [0, 0.05) is 39.5 Å². The standard InChI is InChI=1S/C17H25N5O2/c1-20(2)6-7-22(11-14-5-4-8-24-14)17(23)13-9-15-16(18-10-13)21(3)12-19-15/h9-10,12,14H,4-8,11H2,1-3H3. The molecule has 0 bridgehead atoms. The van der Waals surface area contributed by atoms with Gasteiger partial charge in [-0.05, 0) is 33.0 Å². The molecule has 7 heteroatoms. The monoisotopic (exact) mass is 331 g/mol. The van der Waals surface area contributed by atoms with Crippen molar-refractivity contribution in [1.29, 1.82) is 0 Å². The number of imidazole rings is 1. The average molecular weight is 331 g/mol. The van der Waals surface area contributed by atoms with Crippen LogP contribution in [-0.4, -0.2) is 76.7 Å². The van der Waals surface area contributed by atoms with E-state index in [1.807, 2.05) is 36.7 Å². The Balaban J connectivity index is 1.79. The van der Waals surface area contributed by atoms with Gasteiger partial charge in [-0.3, -0.25) is 4.79 Å². The number of carbonyl (C=O) groups is 1. The van der Waals surface area contributed by atoms with Crippen LogP contribution in [0.1, 0.15) is 23.2 Å². The summed E-state index contributed by atoms with van der Waals surface area (Å²) in [6, 6.07) is 1.82. The quantitative estimate of drug-likeness (QED) is 0.794. The fraction of sp³-hybridized carbons (Fsp3) is 0.588. The predicted molar refractivity (Wildman–Crippen MR) is 91.9 cm³/mol. The van der Waals surface area contributed by atoms with E-state index in [9.17, 15) is 4.79 Å². The molecule has 24 heavy (non-hydrogen) atoms. The number of nitrogens with zero attached hydrogens (tertiary/aromatic N) is 5. The molecule has 0 radical (unpaired) electrons. The molecule has 7 nitrogen and oxygen atoms in total. The Morgan fingerprint density at radius 1 is 1.38 bits per heavy atom. The van der Waals surface area contributed by atoms with Crippen molar-refractivity contribution in [3.8, 4) is 0 Å². The lowest BCUT2D eigenvalue weighted by Crippen LogP contribution is -2.41. The minimum absolute atomic E-state index is 0.00703. The second-order valence-electron chi connectivity index (χ2n) is 6.61. The zero-order chi connectivity index (χ0) is 17.1. The van der Waals surface area contributed by atoms with Crippen molar-refractivity contribution in [2.45, 2.75) is 18.9 Å². The van der Waals surface area contributed by atoms with E-state index in [1.54, 1.807) is 12.5 Å². The van der Waals surface area contributed by atoms with Crippen LogP contribution < -0.4 is 0 Å². The van der Waals surface area contributed by atoms with Gasteiger partial charge in [-0.15, -0.1) is 0 Å². The molecule has 1 amide bonds. The summed E-state index contributed by atoms with van der Waals surface area (Å²) in [7, 11) is 5.91. The maximum absolute atomic E-state index is 13.0. The summed E-state index contributed by atoms with van der Waals surface area (Å²) in [4.78, 5) is 25.6. The normalized spacial score (nSPS) is 17.8. The van der Waals surface area contributed by atoms with Crippen LogP contribution in [0.5, 0.6) is 0 Å². The van der Waals surface area contributed by atoms with E-state index in [1.165, 1.54) is 0 Å². The third kappa shape index (κ3) is 3.73. The van der Waals surface area contributed by atoms with Crippen LogP contribution in [0.15, 0.2) is 18.6 Å². The van der Waals surface area contributed by atoms with Crippen LogP contribution in [0.25, 0.3) is 11.2 Å². The van der Waals surface area contributed by atoms with E-state index in [2.05, 4.69) is 14.9 Å². The van der Waals surface area contributed by atoms with Gasteiger partial charge >= 0.3 is 0 Å². The van der Waals surface area contributed by atoms with Crippen LogP contribution in [0.4, 0.5) is 0 Å². The minimum atomic E-state index is -0.00703. The van der Waals surface area contributed by atoms with Crippen molar-refractivity contribution in [3.05, 3.63) is 24.2 Å². The maximum Gasteiger partial charge on any atom is 0.255 e. The molecule has 1 aliphatic rings. The summed E-state index contributed by atoms with van der Waals surface area (Å²) in [5.41, 5.74) is 2.11. The largest absolute Gasteiger partial charge is 0.376 e. The number of amides is 1. The second kappa shape index (κ2) is 7.27. The second-order valence-corrected chi connectivity index (χ2v) is 6.61. The van der Waals surface area contributed by atoms with Crippen molar-refractivity contribution in [2.24, 2.45) is 7.05 Å². The molecule has 0 N–H and O–H groups in total. The molecule has 3 rings (SSSR count). The van der Waals surface area contributed by atoms with Gasteiger partial charge in [0.2, 0.25) is 0 Å². The molecule has 0 saturated carbocycles. The highest BCUT2D eigenvalue weighted by Gasteiger charge is 2.24. The molecule has 0 aromatic carbocycles. The molecule has 2 aromatic heterocycles. The first-order chi connectivity index (χ1) is 11.5. The van der Waals surface area contributed by atoms with E-state index in [0.29, 0.717) is 18.7 Å². The van der Waals surface area contributed by atoms with E-state index >= 15 is 0 Å². The molecule has 0 aliphatic carbocycles. The summed E-state index contributed by atoms with van der Waals surface area (Å²) in [6.07, 6.45) is 5.58. The van der Waals surface area contributed by atoms with Crippen molar-refractivity contribution >= 4 is 17.1 Å².